The maximum atomic E-state index is 6.09. The number of pyridine rings is 1. The number of benzene rings is 2. The van der Waals surface area contributed by atoms with E-state index in [0.717, 1.165) is 39.3 Å². The second-order valence-electron chi connectivity index (χ2n) is 10.8. The predicted molar refractivity (Wildman–Crippen MR) is 164 cm³/mol. The molecule has 2 fully saturated rings. The Balaban J connectivity index is 0.000000214. The summed E-state index contributed by atoms with van der Waals surface area (Å²) in [6.07, 6.45) is 13.9. The molecule has 2 N–H and O–H groups in total. The predicted octanol–water partition coefficient (Wildman–Crippen LogP) is 6.71. The lowest BCUT2D eigenvalue weighted by Gasteiger charge is -2.26. The standard InChI is InChI=1S/C22H19N5.C11H21N/c1-24-20(21-22(23)25-12-13-27(21)2)17-9-8-16-10-11-18(26-19(16)14-17)15-6-4-3-5-7-15;1-2-6-11(7-3-1)10-12-8-4-5-9-12/h3-14H,1H2,2H3,(H2,23,25);11H,1-10H2/b21-20-;. The van der Waals surface area contributed by atoms with Crippen LogP contribution in [0.3, 0.4) is 0 Å². The van der Waals surface area contributed by atoms with E-state index in [2.05, 4.69) is 39.8 Å². The fourth-order valence-electron chi connectivity index (χ4n) is 5.86. The lowest BCUT2D eigenvalue weighted by atomic mass is 9.89. The van der Waals surface area contributed by atoms with Crippen molar-refractivity contribution in [1.82, 2.24) is 14.8 Å². The summed E-state index contributed by atoms with van der Waals surface area (Å²) in [7, 11) is 1.91. The number of amidine groups is 1. The molecule has 6 nitrogen and oxygen atoms in total. The fourth-order valence-corrected chi connectivity index (χ4v) is 5.86. The molecule has 3 aliphatic rings. The van der Waals surface area contributed by atoms with E-state index in [1.807, 2.05) is 60.6 Å². The van der Waals surface area contributed by atoms with Crippen LogP contribution in [-0.2, 0) is 0 Å². The summed E-state index contributed by atoms with van der Waals surface area (Å²) in [5.74, 6) is 1.46. The molecule has 3 heterocycles. The lowest BCUT2D eigenvalue weighted by Crippen LogP contribution is -2.28. The van der Waals surface area contributed by atoms with Gasteiger partial charge in [0.2, 0.25) is 0 Å². The average molecular weight is 521 g/mol. The summed E-state index contributed by atoms with van der Waals surface area (Å²) in [5.41, 5.74) is 11.3. The van der Waals surface area contributed by atoms with Gasteiger partial charge in [0.25, 0.3) is 0 Å². The molecule has 1 saturated heterocycles. The molecule has 3 aromatic rings. The Morgan fingerprint density at radius 1 is 0.974 bits per heavy atom. The van der Waals surface area contributed by atoms with Crippen LogP contribution in [0.25, 0.3) is 27.9 Å². The first kappa shape index (κ1) is 26.8. The number of hydrogen-bond acceptors (Lipinski definition) is 6. The highest BCUT2D eigenvalue weighted by molar-refractivity contribution is 6.05. The lowest BCUT2D eigenvalue weighted by molar-refractivity contribution is 0.234. The van der Waals surface area contributed by atoms with Crippen LogP contribution in [0.15, 0.2) is 88.7 Å². The Morgan fingerprint density at radius 3 is 2.44 bits per heavy atom. The van der Waals surface area contributed by atoms with Gasteiger partial charge in [-0.2, -0.15) is 0 Å². The first-order chi connectivity index (χ1) is 19.1. The normalized spacial score (nSPS) is 19.4. The summed E-state index contributed by atoms with van der Waals surface area (Å²) < 4.78 is 0. The van der Waals surface area contributed by atoms with Gasteiger partial charge in [-0.05, 0) is 63.5 Å². The van der Waals surface area contributed by atoms with Crippen molar-refractivity contribution in [2.45, 2.75) is 44.9 Å². The van der Waals surface area contributed by atoms with Crippen molar-refractivity contribution in [3.8, 4) is 11.3 Å². The minimum absolute atomic E-state index is 0.411. The molecule has 0 amide bonds. The Hall–Kier alpha value is -3.77. The third kappa shape index (κ3) is 6.63. The molecular formula is C33H40N6. The number of aliphatic imine (C=N–C) groups is 2. The number of nitrogens with two attached hydrogens (primary N) is 1. The van der Waals surface area contributed by atoms with Gasteiger partial charge in [-0.15, -0.1) is 0 Å². The van der Waals surface area contributed by atoms with Crippen molar-refractivity contribution in [2.75, 3.05) is 26.7 Å². The topological polar surface area (TPSA) is 70.1 Å². The monoisotopic (exact) mass is 520 g/mol. The smallest absolute Gasteiger partial charge is 0.149 e. The van der Waals surface area contributed by atoms with Crippen molar-refractivity contribution in [1.29, 1.82) is 0 Å². The molecule has 6 rings (SSSR count). The van der Waals surface area contributed by atoms with E-state index in [1.54, 1.807) is 6.20 Å². The maximum Gasteiger partial charge on any atom is 0.149 e. The van der Waals surface area contributed by atoms with Gasteiger partial charge < -0.3 is 15.5 Å². The first-order valence-corrected chi connectivity index (χ1v) is 14.3. The van der Waals surface area contributed by atoms with Gasteiger partial charge in [0.15, 0.2) is 0 Å². The van der Waals surface area contributed by atoms with Gasteiger partial charge in [-0.1, -0.05) is 67.8 Å². The fraction of sp³-hybridized carbons (Fsp3) is 0.364. The number of aromatic nitrogens is 1. The van der Waals surface area contributed by atoms with Crippen LogP contribution in [0.1, 0.15) is 50.5 Å². The summed E-state index contributed by atoms with van der Waals surface area (Å²) in [5, 5.41) is 1.06. The van der Waals surface area contributed by atoms with Crippen molar-refractivity contribution < 1.29 is 0 Å². The van der Waals surface area contributed by atoms with Gasteiger partial charge in [0.1, 0.15) is 11.5 Å². The molecule has 39 heavy (non-hydrogen) atoms. The van der Waals surface area contributed by atoms with E-state index in [1.165, 1.54) is 64.6 Å². The van der Waals surface area contributed by atoms with Crippen LogP contribution in [0.5, 0.6) is 0 Å². The molecule has 1 aliphatic carbocycles. The number of fused-ring (bicyclic) bond motifs is 1. The average Bonchev–Trinajstić information content (AvgIpc) is 3.49. The summed E-state index contributed by atoms with van der Waals surface area (Å²) in [4.78, 5) is 17.8. The van der Waals surface area contributed by atoms with Crippen molar-refractivity contribution >= 4 is 29.2 Å². The molecule has 0 bridgehead atoms. The second kappa shape index (κ2) is 12.9. The van der Waals surface area contributed by atoms with Crippen LogP contribution < -0.4 is 5.73 Å². The van der Waals surface area contributed by atoms with Crippen LogP contribution in [0.2, 0.25) is 0 Å². The van der Waals surface area contributed by atoms with Crippen LogP contribution in [0, 0.1) is 5.92 Å². The SMILES string of the molecule is C1CCC(CN2CCCC2)CC1.C=N/C(=C1/C(N)=NC=CN1C)c1ccc2ccc(-c3ccccc3)nc2c1. The molecule has 1 saturated carbocycles. The van der Waals surface area contributed by atoms with Gasteiger partial charge >= 0.3 is 0 Å². The zero-order chi connectivity index (χ0) is 27.0. The number of likely N-dealkylation sites (tertiary alicyclic amines) is 1. The van der Waals surface area contributed by atoms with Crippen LogP contribution in [0.4, 0.5) is 0 Å². The quantitative estimate of drug-likeness (QED) is 0.380. The highest BCUT2D eigenvalue weighted by Gasteiger charge is 2.19. The van der Waals surface area contributed by atoms with Gasteiger partial charge in [-0.25, -0.2) is 9.98 Å². The molecule has 1 aromatic heterocycles. The number of likely N-dealkylation sites (N-methyl/N-ethyl adjacent to an activating group) is 1. The van der Waals surface area contributed by atoms with Gasteiger partial charge in [0, 0.05) is 42.5 Å². The molecular weight excluding hydrogens is 480 g/mol. The molecule has 2 aromatic carbocycles. The number of hydrogen-bond donors (Lipinski definition) is 1. The van der Waals surface area contributed by atoms with E-state index < -0.39 is 0 Å². The Labute approximate surface area is 232 Å². The molecule has 0 spiro atoms. The third-order valence-corrected chi connectivity index (χ3v) is 7.96. The zero-order valence-electron chi connectivity index (χ0n) is 23.1. The van der Waals surface area contributed by atoms with Crippen molar-refractivity contribution in [3.05, 3.63) is 84.3 Å². The summed E-state index contributed by atoms with van der Waals surface area (Å²) in [6, 6.07) is 20.3. The second-order valence-corrected chi connectivity index (χ2v) is 10.8. The van der Waals surface area contributed by atoms with Crippen molar-refractivity contribution in [3.63, 3.8) is 0 Å². The van der Waals surface area contributed by atoms with E-state index in [-0.39, 0.29) is 0 Å². The van der Waals surface area contributed by atoms with E-state index >= 15 is 0 Å². The third-order valence-electron chi connectivity index (χ3n) is 7.96. The zero-order valence-corrected chi connectivity index (χ0v) is 23.1. The van der Waals surface area contributed by atoms with Crippen LogP contribution >= 0.6 is 0 Å². The number of rotatable bonds is 5. The first-order valence-electron chi connectivity index (χ1n) is 14.3. The molecule has 0 unspecified atom stereocenters. The largest absolute Gasteiger partial charge is 0.382 e. The summed E-state index contributed by atoms with van der Waals surface area (Å²) in [6.45, 7) is 7.92. The van der Waals surface area contributed by atoms with Gasteiger partial charge in [0.05, 0.1) is 16.9 Å². The van der Waals surface area contributed by atoms with Crippen LogP contribution in [-0.4, -0.2) is 54.0 Å². The highest BCUT2D eigenvalue weighted by atomic mass is 15.2. The van der Waals surface area contributed by atoms with E-state index in [9.17, 15) is 0 Å². The minimum Gasteiger partial charge on any atom is -0.382 e. The Bertz CT molecular complexity index is 1360. The number of nitrogens with zero attached hydrogens (tertiary/aromatic N) is 5. The van der Waals surface area contributed by atoms with E-state index in [4.69, 9.17) is 10.7 Å². The van der Waals surface area contributed by atoms with Gasteiger partial charge in [-0.3, -0.25) is 4.99 Å². The molecule has 0 atom stereocenters. The van der Waals surface area contributed by atoms with Crippen molar-refractivity contribution in [2.24, 2.45) is 21.6 Å². The Kier molecular flexibility index (Phi) is 8.84. The minimum atomic E-state index is 0.411. The maximum absolute atomic E-state index is 6.09. The molecule has 0 radical (unpaired) electrons. The molecule has 202 valence electrons. The van der Waals surface area contributed by atoms with E-state index in [0.29, 0.717) is 11.5 Å². The molecule has 2 aliphatic heterocycles. The molecule has 6 heteroatoms. The summed E-state index contributed by atoms with van der Waals surface area (Å²) >= 11 is 0. The highest BCUT2D eigenvalue weighted by Crippen LogP contribution is 2.28. The Morgan fingerprint density at radius 2 is 1.72 bits per heavy atom.